The van der Waals surface area contributed by atoms with Crippen molar-refractivity contribution in [3.63, 3.8) is 0 Å². The lowest BCUT2D eigenvalue weighted by atomic mass is 9.89. The lowest BCUT2D eigenvalue weighted by Crippen LogP contribution is -2.48. The highest BCUT2D eigenvalue weighted by Gasteiger charge is 2.39. The predicted octanol–water partition coefficient (Wildman–Crippen LogP) is 2.90. The Hall–Kier alpha value is -1.01. The number of allylic oxidation sites excluding steroid dienone is 1. The van der Waals surface area contributed by atoms with Crippen LogP contribution in [0.5, 0.6) is 0 Å². The van der Waals surface area contributed by atoms with E-state index in [1.807, 2.05) is 27.7 Å². The third-order valence-electron chi connectivity index (χ3n) is 2.78. The minimum atomic E-state index is -1.31. The molecule has 122 valence electrons. The molecule has 0 aliphatic carbocycles. The molecule has 0 aromatic rings. The molecule has 21 heavy (non-hydrogen) atoms. The van der Waals surface area contributed by atoms with E-state index in [9.17, 15) is 14.5 Å². The number of nitrogens with one attached hydrogen (secondary N) is 2. The van der Waals surface area contributed by atoms with Gasteiger partial charge in [0.15, 0.2) is 10.6 Å². The van der Waals surface area contributed by atoms with Crippen molar-refractivity contribution in [2.24, 2.45) is 5.41 Å². The quantitative estimate of drug-likeness (QED) is 0.383. The minimum Gasteiger partial charge on any atom is -0.616 e. The second-order valence-electron chi connectivity index (χ2n) is 6.81. The Morgan fingerprint density at radius 2 is 1.86 bits per heavy atom. The number of carbonyl (C=O) groups is 1. The summed E-state index contributed by atoms with van der Waals surface area (Å²) in [4.78, 5) is 12.1. The summed E-state index contributed by atoms with van der Waals surface area (Å²) in [6.07, 6.45) is 2.43. The summed E-state index contributed by atoms with van der Waals surface area (Å²) in [7, 11) is 0. The second kappa shape index (κ2) is 7.84. The normalized spacial score (nSPS) is 14.7. The van der Waals surface area contributed by atoms with Gasteiger partial charge in [-0.1, -0.05) is 27.7 Å². The van der Waals surface area contributed by atoms with Gasteiger partial charge < -0.3 is 15.1 Å². The molecule has 5 nitrogen and oxygen atoms in total. The molecule has 3 N–H and O–H groups in total. The molecule has 0 radical (unpaired) electrons. The van der Waals surface area contributed by atoms with Crippen molar-refractivity contribution in [3.8, 4) is 0 Å². The number of hydrogen-bond acceptors (Lipinski definition) is 4. The maximum atomic E-state index is 12.1. The Kier molecular flexibility index (Phi) is 7.47. The Morgan fingerprint density at radius 1 is 1.33 bits per heavy atom. The van der Waals surface area contributed by atoms with Crippen molar-refractivity contribution in [2.75, 3.05) is 5.75 Å². The summed E-state index contributed by atoms with van der Waals surface area (Å²) in [5.41, 5.74) is 0.160. The average Bonchev–Trinajstić information content (AvgIpc) is 2.25. The smallest absolute Gasteiger partial charge is 0.282 e. The van der Waals surface area contributed by atoms with Gasteiger partial charge in [0.1, 0.15) is 5.75 Å². The predicted molar refractivity (Wildman–Crippen MR) is 88.0 cm³/mol. The van der Waals surface area contributed by atoms with Crippen LogP contribution < -0.4 is 5.32 Å². The summed E-state index contributed by atoms with van der Waals surface area (Å²) in [5.74, 6) is -0.451. The lowest BCUT2D eigenvalue weighted by molar-refractivity contribution is -0.122. The van der Waals surface area contributed by atoms with Crippen LogP contribution in [-0.2, 0) is 16.0 Å². The molecule has 0 saturated heterocycles. The molecule has 0 aromatic heterocycles. The maximum Gasteiger partial charge on any atom is 0.282 e. The van der Waals surface area contributed by atoms with Gasteiger partial charge in [0.25, 0.3) is 5.91 Å². The molecule has 0 fully saturated rings. The summed E-state index contributed by atoms with van der Waals surface area (Å²) in [5, 5.41) is 19.8. The second-order valence-corrected chi connectivity index (χ2v) is 8.93. The van der Waals surface area contributed by atoms with Crippen LogP contribution in [-0.4, -0.2) is 31.8 Å². The standard InChI is InChI=1S/C15H28N2O3S/c1-7-8-21(20)15(5,6)13(19)17-12(18)9-11(16)10-14(2,3)4/h9,16,18H,7-8,10H2,1-6H3,(H,17,19)/b12-9-,16-11?. The van der Waals surface area contributed by atoms with E-state index in [4.69, 9.17) is 5.41 Å². The maximum absolute atomic E-state index is 12.1. The van der Waals surface area contributed by atoms with Crippen LogP contribution in [0.4, 0.5) is 0 Å². The topological polar surface area (TPSA) is 96.2 Å². The Bertz CT molecular complexity index is 412. The summed E-state index contributed by atoms with van der Waals surface area (Å²) >= 11 is -1.31. The van der Waals surface area contributed by atoms with Gasteiger partial charge in [-0.3, -0.25) is 10.1 Å². The lowest BCUT2D eigenvalue weighted by Gasteiger charge is -2.27. The fourth-order valence-electron chi connectivity index (χ4n) is 1.63. The zero-order chi connectivity index (χ0) is 16.8. The number of amides is 1. The van der Waals surface area contributed by atoms with E-state index in [0.717, 1.165) is 6.42 Å². The fourth-order valence-corrected chi connectivity index (χ4v) is 2.77. The zero-order valence-corrected chi connectivity index (χ0v) is 14.7. The number of aliphatic hydroxyl groups excluding tert-OH is 1. The van der Waals surface area contributed by atoms with E-state index in [1.165, 1.54) is 6.08 Å². The molecular weight excluding hydrogens is 288 g/mol. The highest BCUT2D eigenvalue weighted by atomic mass is 32.2. The number of carbonyl (C=O) groups excluding carboxylic acids is 1. The Morgan fingerprint density at radius 3 is 2.29 bits per heavy atom. The van der Waals surface area contributed by atoms with E-state index in [0.29, 0.717) is 12.2 Å². The SMILES string of the molecule is CCC[S+]([O-])C(C)(C)C(=O)N/C(O)=C/C(=N)CC(C)(C)C. The van der Waals surface area contributed by atoms with Gasteiger partial charge in [0, 0.05) is 11.8 Å². The van der Waals surface area contributed by atoms with Crippen LogP contribution in [0.3, 0.4) is 0 Å². The molecule has 1 amide bonds. The molecule has 0 heterocycles. The molecule has 0 aliphatic rings. The van der Waals surface area contributed by atoms with E-state index in [-0.39, 0.29) is 17.0 Å². The number of rotatable bonds is 7. The van der Waals surface area contributed by atoms with Crippen molar-refractivity contribution in [1.29, 1.82) is 5.41 Å². The first-order valence-electron chi connectivity index (χ1n) is 7.08. The molecule has 0 aliphatic heterocycles. The van der Waals surface area contributed by atoms with E-state index < -0.39 is 21.8 Å². The first kappa shape index (κ1) is 20.0. The first-order chi connectivity index (χ1) is 9.40. The third kappa shape index (κ3) is 7.52. The van der Waals surface area contributed by atoms with Crippen LogP contribution in [0.25, 0.3) is 0 Å². The molecule has 0 saturated carbocycles. The fraction of sp³-hybridized carbons (Fsp3) is 0.733. The molecule has 1 unspecified atom stereocenters. The summed E-state index contributed by atoms with van der Waals surface area (Å²) < 4.78 is 10.9. The third-order valence-corrected chi connectivity index (χ3v) is 4.88. The first-order valence-corrected chi connectivity index (χ1v) is 8.40. The zero-order valence-electron chi connectivity index (χ0n) is 13.9. The van der Waals surface area contributed by atoms with Gasteiger partial charge in [-0.2, -0.15) is 0 Å². The van der Waals surface area contributed by atoms with Gasteiger partial charge in [0.2, 0.25) is 0 Å². The highest BCUT2D eigenvalue weighted by Crippen LogP contribution is 2.20. The Labute approximate surface area is 130 Å². The van der Waals surface area contributed by atoms with Crippen LogP contribution >= 0.6 is 0 Å². The van der Waals surface area contributed by atoms with Gasteiger partial charge in [-0.15, -0.1) is 0 Å². The van der Waals surface area contributed by atoms with Crippen LogP contribution in [0.2, 0.25) is 0 Å². The monoisotopic (exact) mass is 316 g/mol. The van der Waals surface area contributed by atoms with E-state index >= 15 is 0 Å². The molecule has 0 aromatic carbocycles. The van der Waals surface area contributed by atoms with Crippen molar-refractivity contribution < 1.29 is 14.5 Å². The molecule has 0 rings (SSSR count). The molecule has 0 spiro atoms. The van der Waals surface area contributed by atoms with Crippen LogP contribution in [0.15, 0.2) is 12.0 Å². The molecular formula is C15H28N2O3S. The minimum absolute atomic E-state index is 0.0697. The average molecular weight is 316 g/mol. The Balaban J connectivity index is 4.73. The van der Waals surface area contributed by atoms with Crippen molar-refractivity contribution >= 4 is 22.8 Å². The summed E-state index contributed by atoms with van der Waals surface area (Å²) in [6, 6.07) is 0. The molecule has 6 heteroatoms. The van der Waals surface area contributed by atoms with E-state index in [1.54, 1.807) is 13.8 Å². The number of aliphatic hydroxyl groups is 1. The van der Waals surface area contributed by atoms with Crippen molar-refractivity contribution in [1.82, 2.24) is 5.32 Å². The van der Waals surface area contributed by atoms with Crippen LogP contribution in [0, 0.1) is 10.8 Å². The van der Waals surface area contributed by atoms with Gasteiger partial charge in [-0.25, -0.2) is 0 Å². The highest BCUT2D eigenvalue weighted by molar-refractivity contribution is 7.93. The van der Waals surface area contributed by atoms with Gasteiger partial charge in [-0.05, 0) is 43.3 Å². The van der Waals surface area contributed by atoms with Crippen molar-refractivity contribution in [2.45, 2.75) is 59.1 Å². The van der Waals surface area contributed by atoms with Crippen LogP contribution in [0.1, 0.15) is 54.4 Å². The number of hydrogen-bond donors (Lipinski definition) is 3. The van der Waals surface area contributed by atoms with Gasteiger partial charge in [0.05, 0.1) is 0 Å². The van der Waals surface area contributed by atoms with Crippen molar-refractivity contribution in [3.05, 3.63) is 12.0 Å². The molecule has 1 atom stereocenters. The largest absolute Gasteiger partial charge is 0.616 e. The summed E-state index contributed by atoms with van der Waals surface area (Å²) in [6.45, 7) is 11.0. The van der Waals surface area contributed by atoms with E-state index in [2.05, 4.69) is 5.32 Å². The van der Waals surface area contributed by atoms with Gasteiger partial charge >= 0.3 is 0 Å². The molecule has 0 bridgehead atoms.